The standard InChI is InChI=1S/C16H29N3O.HI/c1-11-4-3-5-12(8-11)10-18-16(17-2)19-14-9-13-6-7-15(14)20-13;/h11-15H,3-10H2,1-2H3,(H2,17,18,19);1H. The maximum atomic E-state index is 5.89. The Morgan fingerprint density at radius 2 is 2.05 bits per heavy atom. The number of nitrogens with zero attached hydrogens (tertiary/aromatic N) is 1. The van der Waals surface area contributed by atoms with Crippen LogP contribution in [0.5, 0.6) is 0 Å². The normalized spacial score (nSPS) is 39.0. The molecule has 0 spiro atoms. The van der Waals surface area contributed by atoms with Crippen LogP contribution >= 0.6 is 24.0 Å². The van der Waals surface area contributed by atoms with E-state index >= 15 is 0 Å². The van der Waals surface area contributed by atoms with E-state index < -0.39 is 0 Å². The van der Waals surface area contributed by atoms with Crippen LogP contribution in [-0.4, -0.2) is 37.8 Å². The van der Waals surface area contributed by atoms with Gasteiger partial charge in [-0.15, -0.1) is 24.0 Å². The largest absolute Gasteiger partial charge is 0.373 e. The number of aliphatic imine (C=N–C) groups is 1. The molecular weight excluding hydrogens is 377 g/mol. The Morgan fingerprint density at radius 1 is 1.19 bits per heavy atom. The average molecular weight is 407 g/mol. The lowest BCUT2D eigenvalue weighted by Crippen LogP contribution is -2.48. The highest BCUT2D eigenvalue weighted by Crippen LogP contribution is 2.34. The van der Waals surface area contributed by atoms with Gasteiger partial charge in [0.05, 0.1) is 18.2 Å². The van der Waals surface area contributed by atoms with Crippen LogP contribution in [0, 0.1) is 11.8 Å². The van der Waals surface area contributed by atoms with Crippen LogP contribution in [0.3, 0.4) is 0 Å². The molecule has 3 fully saturated rings. The van der Waals surface area contributed by atoms with Gasteiger partial charge in [0.25, 0.3) is 0 Å². The summed E-state index contributed by atoms with van der Waals surface area (Å²) in [6, 6.07) is 0.463. The van der Waals surface area contributed by atoms with Crippen molar-refractivity contribution in [3.63, 3.8) is 0 Å². The zero-order valence-electron chi connectivity index (χ0n) is 13.3. The minimum Gasteiger partial charge on any atom is -0.373 e. The van der Waals surface area contributed by atoms with Gasteiger partial charge >= 0.3 is 0 Å². The molecule has 2 saturated heterocycles. The van der Waals surface area contributed by atoms with Gasteiger partial charge in [-0.05, 0) is 43.9 Å². The summed E-state index contributed by atoms with van der Waals surface area (Å²) in [5.41, 5.74) is 0. The molecule has 5 heteroatoms. The van der Waals surface area contributed by atoms with E-state index in [-0.39, 0.29) is 24.0 Å². The molecule has 1 saturated carbocycles. The number of ether oxygens (including phenoxy) is 1. The van der Waals surface area contributed by atoms with E-state index in [4.69, 9.17) is 4.74 Å². The Bertz CT molecular complexity index is 363. The molecule has 3 rings (SSSR count). The Balaban J connectivity index is 0.00000161. The molecule has 0 radical (unpaired) electrons. The number of guanidine groups is 1. The Kier molecular flexibility index (Phi) is 6.59. The molecule has 0 aromatic carbocycles. The van der Waals surface area contributed by atoms with Crippen LogP contribution in [0.2, 0.25) is 0 Å². The molecule has 0 aromatic rings. The topological polar surface area (TPSA) is 45.7 Å². The van der Waals surface area contributed by atoms with E-state index in [1.807, 2.05) is 7.05 Å². The van der Waals surface area contributed by atoms with E-state index in [2.05, 4.69) is 22.5 Å². The van der Waals surface area contributed by atoms with Gasteiger partial charge < -0.3 is 15.4 Å². The van der Waals surface area contributed by atoms with Crippen molar-refractivity contribution in [2.45, 2.75) is 70.1 Å². The van der Waals surface area contributed by atoms with Crippen molar-refractivity contribution >= 4 is 29.9 Å². The van der Waals surface area contributed by atoms with Crippen LogP contribution in [0.1, 0.15) is 51.9 Å². The third-order valence-electron chi connectivity index (χ3n) is 5.25. The lowest BCUT2D eigenvalue weighted by atomic mass is 9.82. The van der Waals surface area contributed by atoms with Gasteiger partial charge in [-0.25, -0.2) is 0 Å². The molecule has 4 nitrogen and oxygen atoms in total. The molecule has 122 valence electrons. The number of fused-ring (bicyclic) bond motifs is 2. The molecule has 0 aromatic heterocycles. The Labute approximate surface area is 145 Å². The van der Waals surface area contributed by atoms with Gasteiger partial charge in [0.1, 0.15) is 0 Å². The first-order chi connectivity index (χ1) is 9.74. The molecule has 1 aliphatic carbocycles. The highest BCUT2D eigenvalue weighted by atomic mass is 127. The van der Waals surface area contributed by atoms with E-state index in [1.54, 1.807) is 0 Å². The minimum atomic E-state index is 0. The Morgan fingerprint density at radius 3 is 2.67 bits per heavy atom. The van der Waals surface area contributed by atoms with Crippen molar-refractivity contribution in [2.75, 3.05) is 13.6 Å². The second kappa shape index (κ2) is 7.99. The van der Waals surface area contributed by atoms with E-state index in [9.17, 15) is 0 Å². The number of hydrogen-bond donors (Lipinski definition) is 2. The summed E-state index contributed by atoms with van der Waals surface area (Å²) in [5, 5.41) is 7.09. The smallest absolute Gasteiger partial charge is 0.191 e. The van der Waals surface area contributed by atoms with E-state index in [1.165, 1.54) is 38.5 Å². The van der Waals surface area contributed by atoms with Crippen molar-refractivity contribution < 1.29 is 4.74 Å². The molecule has 2 aliphatic heterocycles. The van der Waals surface area contributed by atoms with Gasteiger partial charge in [0.2, 0.25) is 0 Å². The molecule has 2 N–H and O–H groups in total. The summed E-state index contributed by atoms with van der Waals surface area (Å²) in [4.78, 5) is 4.38. The third-order valence-corrected chi connectivity index (χ3v) is 5.25. The first-order valence-corrected chi connectivity index (χ1v) is 8.37. The van der Waals surface area contributed by atoms with Crippen molar-refractivity contribution in [1.82, 2.24) is 10.6 Å². The van der Waals surface area contributed by atoms with Crippen LogP contribution in [0.15, 0.2) is 4.99 Å². The molecule has 5 atom stereocenters. The van der Waals surface area contributed by atoms with Gasteiger partial charge in [-0.2, -0.15) is 0 Å². The predicted octanol–water partition coefficient (Wildman–Crippen LogP) is 2.92. The molecule has 0 amide bonds. The Hall–Kier alpha value is -0.0400. The van der Waals surface area contributed by atoms with Crippen molar-refractivity contribution in [1.29, 1.82) is 0 Å². The number of rotatable bonds is 3. The highest BCUT2D eigenvalue weighted by molar-refractivity contribution is 14.0. The zero-order valence-corrected chi connectivity index (χ0v) is 15.6. The fraction of sp³-hybridized carbons (Fsp3) is 0.938. The number of hydrogen-bond acceptors (Lipinski definition) is 2. The molecule has 2 bridgehead atoms. The van der Waals surface area contributed by atoms with Crippen molar-refractivity contribution in [2.24, 2.45) is 16.8 Å². The van der Waals surface area contributed by atoms with Gasteiger partial charge in [-0.1, -0.05) is 19.8 Å². The SMILES string of the molecule is CN=C(NCC1CCCC(C)C1)NC1CC2CCC1O2.I. The van der Waals surface area contributed by atoms with Gasteiger partial charge in [-0.3, -0.25) is 4.99 Å². The summed E-state index contributed by atoms with van der Waals surface area (Å²) in [5.74, 6) is 2.67. The summed E-state index contributed by atoms with van der Waals surface area (Å²) in [6.07, 6.45) is 10.0. The molecule has 2 heterocycles. The molecule has 21 heavy (non-hydrogen) atoms. The van der Waals surface area contributed by atoms with Crippen LogP contribution in [-0.2, 0) is 4.74 Å². The predicted molar refractivity (Wildman–Crippen MR) is 97.3 cm³/mol. The summed E-state index contributed by atoms with van der Waals surface area (Å²) in [6.45, 7) is 3.44. The second-order valence-corrected chi connectivity index (χ2v) is 6.95. The number of nitrogens with one attached hydrogen (secondary N) is 2. The fourth-order valence-electron chi connectivity index (χ4n) is 4.15. The lowest BCUT2D eigenvalue weighted by Gasteiger charge is -2.28. The molecule has 5 unspecified atom stereocenters. The summed E-state index contributed by atoms with van der Waals surface area (Å²) < 4.78 is 5.89. The number of halogens is 1. The maximum Gasteiger partial charge on any atom is 0.191 e. The minimum absolute atomic E-state index is 0. The van der Waals surface area contributed by atoms with Crippen LogP contribution in [0.4, 0.5) is 0 Å². The van der Waals surface area contributed by atoms with Crippen molar-refractivity contribution in [3.05, 3.63) is 0 Å². The van der Waals surface area contributed by atoms with Gasteiger partial charge in [0, 0.05) is 13.6 Å². The first-order valence-electron chi connectivity index (χ1n) is 8.37. The maximum absolute atomic E-state index is 5.89. The second-order valence-electron chi connectivity index (χ2n) is 6.95. The quantitative estimate of drug-likeness (QED) is 0.430. The zero-order chi connectivity index (χ0) is 13.9. The van der Waals surface area contributed by atoms with Crippen LogP contribution in [0.25, 0.3) is 0 Å². The van der Waals surface area contributed by atoms with Crippen LogP contribution < -0.4 is 10.6 Å². The summed E-state index contributed by atoms with van der Waals surface area (Å²) >= 11 is 0. The van der Waals surface area contributed by atoms with E-state index in [0.29, 0.717) is 18.2 Å². The lowest BCUT2D eigenvalue weighted by molar-refractivity contribution is 0.0992. The third kappa shape index (κ3) is 4.47. The summed E-state index contributed by atoms with van der Waals surface area (Å²) in [7, 11) is 1.87. The fourth-order valence-corrected chi connectivity index (χ4v) is 4.15. The van der Waals surface area contributed by atoms with Crippen molar-refractivity contribution in [3.8, 4) is 0 Å². The first kappa shape index (κ1) is 17.3. The highest BCUT2D eigenvalue weighted by Gasteiger charge is 2.41. The molecular formula is C16H30IN3O. The van der Waals surface area contributed by atoms with Gasteiger partial charge in [0.15, 0.2) is 5.96 Å². The monoisotopic (exact) mass is 407 g/mol. The van der Waals surface area contributed by atoms with E-state index in [0.717, 1.165) is 30.8 Å². The average Bonchev–Trinajstić information content (AvgIpc) is 3.06. The molecule has 3 aliphatic rings.